The van der Waals surface area contributed by atoms with E-state index in [2.05, 4.69) is 10.3 Å². The Morgan fingerprint density at radius 3 is 2.47 bits per heavy atom. The van der Waals surface area contributed by atoms with Gasteiger partial charge in [0.25, 0.3) is 0 Å². The number of nitrogens with zero attached hydrogens (tertiary/aromatic N) is 1. The third kappa shape index (κ3) is 4.80. The quantitative estimate of drug-likeness (QED) is 0.616. The molecule has 0 saturated heterocycles. The largest absolute Gasteiger partial charge is 0.370 e. The Labute approximate surface area is 99.7 Å². The van der Waals surface area contributed by atoms with Crippen molar-refractivity contribution in [2.75, 3.05) is 0 Å². The van der Waals surface area contributed by atoms with Gasteiger partial charge >= 0.3 is 0 Å². The molecule has 1 aromatic rings. The second kappa shape index (κ2) is 5.12. The van der Waals surface area contributed by atoms with Crippen LogP contribution >= 0.6 is 0 Å². The number of hydrogen-bond acceptors (Lipinski definition) is 1. The van der Waals surface area contributed by atoms with Crippen LogP contribution in [0.3, 0.4) is 0 Å². The van der Waals surface area contributed by atoms with Crippen LogP contribution in [0.2, 0.25) is 0 Å². The van der Waals surface area contributed by atoms with Crippen LogP contribution < -0.4 is 11.1 Å². The van der Waals surface area contributed by atoms with E-state index in [9.17, 15) is 8.78 Å². The summed E-state index contributed by atoms with van der Waals surface area (Å²) in [6.07, 6.45) is 0. The third-order valence-corrected chi connectivity index (χ3v) is 1.92. The smallest absolute Gasteiger partial charge is 0.189 e. The lowest BCUT2D eigenvalue weighted by molar-refractivity contribution is 0.505. The average molecular weight is 241 g/mol. The topological polar surface area (TPSA) is 50.4 Å². The maximum absolute atomic E-state index is 12.9. The normalized spacial score (nSPS) is 12.6. The number of halogens is 2. The van der Waals surface area contributed by atoms with Crippen LogP contribution in [0.5, 0.6) is 0 Å². The Bertz CT molecular complexity index is 422. The minimum atomic E-state index is -0.875. The van der Waals surface area contributed by atoms with Gasteiger partial charge in [0.1, 0.15) is 0 Å². The number of nitrogens with one attached hydrogen (secondary N) is 1. The number of guanidine groups is 1. The first kappa shape index (κ1) is 13.4. The predicted molar refractivity (Wildman–Crippen MR) is 64.6 cm³/mol. The van der Waals surface area contributed by atoms with Gasteiger partial charge in [0, 0.05) is 5.54 Å². The average Bonchev–Trinajstić information content (AvgIpc) is 2.17. The third-order valence-electron chi connectivity index (χ3n) is 1.92. The molecule has 0 heterocycles. The monoisotopic (exact) mass is 241 g/mol. The second-order valence-corrected chi connectivity index (χ2v) is 4.82. The Morgan fingerprint density at radius 1 is 1.29 bits per heavy atom. The van der Waals surface area contributed by atoms with Crippen molar-refractivity contribution in [3.8, 4) is 0 Å². The van der Waals surface area contributed by atoms with Crippen LogP contribution in [0.25, 0.3) is 0 Å². The number of hydrogen-bond donors (Lipinski definition) is 2. The number of rotatable bonds is 2. The Balaban J connectivity index is 2.66. The molecule has 0 radical (unpaired) electrons. The molecule has 94 valence electrons. The molecule has 0 aliphatic heterocycles. The van der Waals surface area contributed by atoms with Gasteiger partial charge in [-0.05, 0) is 38.5 Å². The standard InChI is InChI=1S/C12H17F2N3/c1-12(2,3)17-11(15)16-7-8-4-5-9(13)10(14)6-8/h4-6H,7H2,1-3H3,(H3,15,16,17). The van der Waals surface area contributed by atoms with Crippen molar-refractivity contribution in [1.82, 2.24) is 5.32 Å². The van der Waals surface area contributed by atoms with E-state index in [1.54, 1.807) is 0 Å². The van der Waals surface area contributed by atoms with Gasteiger partial charge in [0.2, 0.25) is 0 Å². The SMILES string of the molecule is CC(C)(C)NC(N)=NCc1ccc(F)c(F)c1. The molecule has 0 aliphatic carbocycles. The molecular formula is C12H17F2N3. The highest BCUT2D eigenvalue weighted by molar-refractivity contribution is 5.78. The molecule has 0 unspecified atom stereocenters. The zero-order valence-electron chi connectivity index (χ0n) is 10.2. The van der Waals surface area contributed by atoms with Crippen LogP contribution in [0.4, 0.5) is 8.78 Å². The van der Waals surface area contributed by atoms with E-state index in [-0.39, 0.29) is 18.0 Å². The first-order valence-corrected chi connectivity index (χ1v) is 5.30. The Hall–Kier alpha value is -1.65. The van der Waals surface area contributed by atoms with Crippen LogP contribution in [0, 0.1) is 11.6 Å². The molecule has 1 aromatic carbocycles. The molecule has 0 bridgehead atoms. The molecule has 17 heavy (non-hydrogen) atoms. The van der Waals surface area contributed by atoms with E-state index >= 15 is 0 Å². The van der Waals surface area contributed by atoms with E-state index in [4.69, 9.17) is 5.73 Å². The number of nitrogens with two attached hydrogens (primary N) is 1. The fraction of sp³-hybridized carbons (Fsp3) is 0.417. The highest BCUT2D eigenvalue weighted by Gasteiger charge is 2.09. The molecule has 0 atom stereocenters. The summed E-state index contributed by atoms with van der Waals surface area (Å²) in [6.45, 7) is 6.07. The van der Waals surface area contributed by atoms with Gasteiger partial charge < -0.3 is 11.1 Å². The summed E-state index contributed by atoms with van der Waals surface area (Å²) >= 11 is 0. The molecule has 0 aliphatic rings. The van der Waals surface area contributed by atoms with E-state index in [0.717, 1.165) is 12.1 Å². The molecule has 0 fully saturated rings. The lowest BCUT2D eigenvalue weighted by Crippen LogP contribution is -2.44. The second-order valence-electron chi connectivity index (χ2n) is 4.82. The van der Waals surface area contributed by atoms with Crippen molar-refractivity contribution in [3.05, 3.63) is 35.4 Å². The maximum Gasteiger partial charge on any atom is 0.189 e. The lowest BCUT2D eigenvalue weighted by atomic mass is 10.1. The zero-order chi connectivity index (χ0) is 13.1. The van der Waals surface area contributed by atoms with Crippen LogP contribution in [0.1, 0.15) is 26.3 Å². The summed E-state index contributed by atoms with van der Waals surface area (Å²) in [4.78, 5) is 4.04. The van der Waals surface area contributed by atoms with E-state index in [0.29, 0.717) is 5.56 Å². The first-order chi connectivity index (χ1) is 7.78. The molecule has 0 amide bonds. The molecule has 0 spiro atoms. The summed E-state index contributed by atoms with van der Waals surface area (Å²) < 4.78 is 25.6. The van der Waals surface area contributed by atoms with Gasteiger partial charge in [-0.15, -0.1) is 0 Å². The highest BCUT2D eigenvalue weighted by Crippen LogP contribution is 2.09. The molecule has 0 aromatic heterocycles. The summed E-state index contributed by atoms with van der Waals surface area (Å²) in [7, 11) is 0. The summed E-state index contributed by atoms with van der Waals surface area (Å²) in [6, 6.07) is 3.67. The lowest BCUT2D eigenvalue weighted by Gasteiger charge is -2.20. The number of benzene rings is 1. The van der Waals surface area contributed by atoms with Crippen LogP contribution in [0.15, 0.2) is 23.2 Å². The fourth-order valence-electron chi connectivity index (χ4n) is 1.24. The van der Waals surface area contributed by atoms with Gasteiger partial charge in [0.15, 0.2) is 17.6 Å². The highest BCUT2D eigenvalue weighted by atomic mass is 19.2. The molecule has 1 rings (SSSR count). The first-order valence-electron chi connectivity index (χ1n) is 5.30. The van der Waals surface area contributed by atoms with Gasteiger partial charge in [0.05, 0.1) is 6.54 Å². The Morgan fingerprint density at radius 2 is 1.94 bits per heavy atom. The van der Waals surface area contributed by atoms with Crippen molar-refractivity contribution in [2.24, 2.45) is 10.7 Å². The van der Waals surface area contributed by atoms with E-state index in [1.807, 2.05) is 20.8 Å². The summed E-state index contributed by atoms with van der Waals surface area (Å²) in [5, 5.41) is 2.98. The molecular weight excluding hydrogens is 224 g/mol. The van der Waals surface area contributed by atoms with Gasteiger partial charge in [-0.25, -0.2) is 13.8 Å². The van der Waals surface area contributed by atoms with Gasteiger partial charge in [-0.3, -0.25) is 0 Å². The van der Waals surface area contributed by atoms with Crippen LogP contribution in [-0.2, 0) is 6.54 Å². The fourth-order valence-corrected chi connectivity index (χ4v) is 1.24. The van der Waals surface area contributed by atoms with Crippen molar-refractivity contribution in [2.45, 2.75) is 32.9 Å². The maximum atomic E-state index is 12.9. The minimum Gasteiger partial charge on any atom is -0.370 e. The molecule has 3 N–H and O–H groups in total. The van der Waals surface area contributed by atoms with Crippen molar-refractivity contribution in [3.63, 3.8) is 0 Å². The molecule has 5 heteroatoms. The predicted octanol–water partition coefficient (Wildman–Crippen LogP) is 2.17. The van der Waals surface area contributed by atoms with E-state index in [1.165, 1.54) is 6.07 Å². The van der Waals surface area contributed by atoms with Crippen molar-refractivity contribution < 1.29 is 8.78 Å². The molecule has 0 saturated carbocycles. The zero-order valence-corrected chi connectivity index (χ0v) is 10.2. The summed E-state index contributed by atoms with van der Waals surface area (Å²) in [5.74, 6) is -1.46. The van der Waals surface area contributed by atoms with Gasteiger partial charge in [-0.1, -0.05) is 6.07 Å². The minimum absolute atomic E-state index is 0.179. The summed E-state index contributed by atoms with van der Waals surface area (Å²) in [5.41, 5.74) is 6.04. The molecule has 3 nitrogen and oxygen atoms in total. The Kier molecular flexibility index (Phi) is 4.04. The van der Waals surface area contributed by atoms with Crippen molar-refractivity contribution >= 4 is 5.96 Å². The number of aliphatic imine (C=N–C) groups is 1. The van der Waals surface area contributed by atoms with Crippen LogP contribution in [-0.4, -0.2) is 11.5 Å². The van der Waals surface area contributed by atoms with Crippen molar-refractivity contribution in [1.29, 1.82) is 0 Å². The van der Waals surface area contributed by atoms with E-state index < -0.39 is 11.6 Å². The van der Waals surface area contributed by atoms with Gasteiger partial charge in [-0.2, -0.15) is 0 Å².